The number of urea groups is 1. The molecule has 0 fully saturated rings. The first-order chi connectivity index (χ1) is 15.5. The highest BCUT2D eigenvalue weighted by molar-refractivity contribution is 5.92. The van der Waals surface area contributed by atoms with Crippen LogP contribution in [0.3, 0.4) is 0 Å². The van der Waals surface area contributed by atoms with Crippen LogP contribution in [0.25, 0.3) is 11.0 Å². The third kappa shape index (κ3) is 4.78. The Bertz CT molecular complexity index is 1250. The number of aromatic nitrogens is 2. The van der Waals surface area contributed by atoms with Gasteiger partial charge in [-0.15, -0.1) is 0 Å². The molecule has 1 unspecified atom stereocenters. The van der Waals surface area contributed by atoms with Gasteiger partial charge in [-0.05, 0) is 42.3 Å². The number of amides is 3. The van der Waals surface area contributed by atoms with E-state index in [1.165, 1.54) is 0 Å². The summed E-state index contributed by atoms with van der Waals surface area (Å²) in [6.07, 6.45) is 0. The maximum absolute atomic E-state index is 12.7. The molecule has 0 radical (unpaired) electrons. The molecule has 0 spiro atoms. The van der Waals surface area contributed by atoms with Gasteiger partial charge in [0.1, 0.15) is 11.9 Å². The summed E-state index contributed by atoms with van der Waals surface area (Å²) < 4.78 is 1.98. The van der Waals surface area contributed by atoms with Crippen LogP contribution in [0.2, 0.25) is 0 Å². The Labute approximate surface area is 186 Å². The van der Waals surface area contributed by atoms with Gasteiger partial charge in [-0.25, -0.2) is 9.78 Å². The number of benzene rings is 3. The van der Waals surface area contributed by atoms with Crippen molar-refractivity contribution in [2.24, 2.45) is 7.05 Å². The maximum Gasteiger partial charge on any atom is 0.319 e. The summed E-state index contributed by atoms with van der Waals surface area (Å²) in [5, 5.41) is 8.36. The van der Waals surface area contributed by atoms with E-state index in [2.05, 4.69) is 16.0 Å². The van der Waals surface area contributed by atoms with Gasteiger partial charge in [0, 0.05) is 12.7 Å². The minimum absolute atomic E-state index is 0.162. The Morgan fingerprint density at radius 2 is 1.72 bits per heavy atom. The molecule has 0 saturated carbocycles. The lowest BCUT2D eigenvalue weighted by Crippen LogP contribution is -2.41. The van der Waals surface area contributed by atoms with Gasteiger partial charge in [-0.2, -0.15) is 0 Å². The molecule has 4 rings (SSSR count). The number of rotatable bonds is 6. The van der Waals surface area contributed by atoms with Crippen LogP contribution < -0.4 is 16.0 Å². The third-order valence-corrected chi connectivity index (χ3v) is 5.20. The van der Waals surface area contributed by atoms with Crippen molar-refractivity contribution in [2.75, 3.05) is 11.9 Å². The van der Waals surface area contributed by atoms with Gasteiger partial charge in [0.25, 0.3) is 0 Å². The highest BCUT2D eigenvalue weighted by Crippen LogP contribution is 2.24. The number of fused-ring (bicyclic) bond motifs is 1. The van der Waals surface area contributed by atoms with Crippen molar-refractivity contribution in [3.63, 3.8) is 0 Å². The number of para-hydroxylation sites is 2. The summed E-state index contributed by atoms with van der Waals surface area (Å²) in [6.45, 7) is 1.78. The van der Waals surface area contributed by atoms with Crippen molar-refractivity contribution >= 4 is 28.7 Å². The summed E-state index contributed by atoms with van der Waals surface area (Å²) in [5.41, 5.74) is 4.45. The Hall–Kier alpha value is -4.13. The Morgan fingerprint density at radius 3 is 2.47 bits per heavy atom. The number of nitrogens with one attached hydrogen (secondary N) is 3. The summed E-state index contributed by atoms with van der Waals surface area (Å²) in [4.78, 5) is 29.7. The van der Waals surface area contributed by atoms with Gasteiger partial charge >= 0.3 is 6.03 Å². The molecule has 1 atom stereocenters. The zero-order valence-corrected chi connectivity index (χ0v) is 18.0. The molecular formula is C25H25N5O2. The predicted molar refractivity (Wildman–Crippen MR) is 125 cm³/mol. The molecule has 0 bridgehead atoms. The van der Waals surface area contributed by atoms with Crippen molar-refractivity contribution in [2.45, 2.75) is 13.0 Å². The molecule has 0 aliphatic carbocycles. The van der Waals surface area contributed by atoms with E-state index in [9.17, 15) is 9.59 Å². The average Bonchev–Trinajstić information content (AvgIpc) is 3.13. The number of imidazole rings is 1. The molecule has 1 heterocycles. The highest BCUT2D eigenvalue weighted by atomic mass is 16.2. The zero-order valence-electron chi connectivity index (χ0n) is 18.0. The van der Waals surface area contributed by atoms with E-state index in [0.29, 0.717) is 5.69 Å². The first kappa shape index (κ1) is 21.1. The van der Waals surface area contributed by atoms with E-state index in [0.717, 1.165) is 28.0 Å². The number of hydrogen-bond donors (Lipinski definition) is 3. The monoisotopic (exact) mass is 427 g/mol. The first-order valence-corrected chi connectivity index (χ1v) is 10.4. The van der Waals surface area contributed by atoms with Crippen LogP contribution in [0.1, 0.15) is 23.0 Å². The molecule has 0 saturated heterocycles. The molecule has 162 valence electrons. The van der Waals surface area contributed by atoms with Crippen molar-refractivity contribution in [1.29, 1.82) is 0 Å². The average molecular weight is 428 g/mol. The topological polar surface area (TPSA) is 88.1 Å². The van der Waals surface area contributed by atoms with Crippen LogP contribution >= 0.6 is 0 Å². The van der Waals surface area contributed by atoms with Gasteiger partial charge < -0.3 is 20.5 Å². The third-order valence-electron chi connectivity index (χ3n) is 5.20. The lowest BCUT2D eigenvalue weighted by atomic mass is 10.1. The summed E-state index contributed by atoms with van der Waals surface area (Å²) in [5.74, 6) is 0.403. The van der Waals surface area contributed by atoms with Crippen LogP contribution in [-0.4, -0.2) is 28.0 Å². The Kier molecular flexibility index (Phi) is 6.17. The number of aryl methyl sites for hydroxylation is 2. The molecule has 3 amide bonds. The molecule has 3 N–H and O–H groups in total. The smallest absolute Gasteiger partial charge is 0.319 e. The molecule has 0 aliphatic heterocycles. The molecule has 7 nitrogen and oxygen atoms in total. The van der Waals surface area contributed by atoms with Crippen LogP contribution in [0.4, 0.5) is 10.5 Å². The molecule has 3 aromatic carbocycles. The predicted octanol–water partition coefficient (Wildman–Crippen LogP) is 3.91. The van der Waals surface area contributed by atoms with E-state index in [-0.39, 0.29) is 12.5 Å². The maximum atomic E-state index is 12.7. The number of hydrogen-bond acceptors (Lipinski definition) is 3. The van der Waals surface area contributed by atoms with E-state index >= 15 is 0 Å². The Morgan fingerprint density at radius 1 is 0.969 bits per heavy atom. The van der Waals surface area contributed by atoms with Gasteiger partial charge in [0.05, 0.1) is 17.6 Å². The van der Waals surface area contributed by atoms with Crippen LogP contribution in [0.15, 0.2) is 78.9 Å². The zero-order chi connectivity index (χ0) is 22.5. The van der Waals surface area contributed by atoms with E-state index in [1.807, 2.05) is 91.3 Å². The highest BCUT2D eigenvalue weighted by Gasteiger charge is 2.22. The lowest BCUT2D eigenvalue weighted by Gasteiger charge is -2.19. The SMILES string of the molecule is Cc1cccc(NC(=O)NCC(=O)NC(c2ccccc2)c2nc3ccccc3n2C)c1. The number of anilines is 1. The van der Waals surface area contributed by atoms with Gasteiger partial charge in [0.15, 0.2) is 0 Å². The molecule has 4 aromatic rings. The molecule has 32 heavy (non-hydrogen) atoms. The second-order valence-corrected chi connectivity index (χ2v) is 7.61. The van der Waals surface area contributed by atoms with Crippen molar-refractivity contribution in [1.82, 2.24) is 20.2 Å². The Balaban J connectivity index is 1.48. The second kappa shape index (κ2) is 9.34. The normalized spacial score (nSPS) is 11.7. The van der Waals surface area contributed by atoms with E-state index in [4.69, 9.17) is 4.98 Å². The van der Waals surface area contributed by atoms with Gasteiger partial charge in [-0.3, -0.25) is 4.79 Å². The lowest BCUT2D eigenvalue weighted by molar-refractivity contribution is -0.120. The first-order valence-electron chi connectivity index (χ1n) is 10.4. The summed E-state index contributed by atoms with van der Waals surface area (Å²) in [6, 6.07) is 24.1. The number of nitrogens with zero attached hydrogens (tertiary/aromatic N) is 2. The molecule has 1 aromatic heterocycles. The minimum atomic E-state index is -0.456. The molecule has 7 heteroatoms. The van der Waals surface area contributed by atoms with Gasteiger partial charge in [-0.1, -0.05) is 54.6 Å². The summed E-state index contributed by atoms with van der Waals surface area (Å²) >= 11 is 0. The fourth-order valence-electron chi connectivity index (χ4n) is 3.64. The standard InChI is InChI=1S/C25H25N5O2/c1-17-9-8-12-19(15-17)27-25(32)26-16-22(31)29-23(18-10-4-3-5-11-18)24-28-20-13-6-7-14-21(20)30(24)2/h3-15,23H,16H2,1-2H3,(H,29,31)(H2,26,27,32). The number of carbonyl (C=O) groups excluding carboxylic acids is 2. The fourth-order valence-corrected chi connectivity index (χ4v) is 3.64. The van der Waals surface area contributed by atoms with Gasteiger partial charge in [0.2, 0.25) is 5.91 Å². The van der Waals surface area contributed by atoms with Crippen LogP contribution in [0, 0.1) is 6.92 Å². The summed E-state index contributed by atoms with van der Waals surface area (Å²) in [7, 11) is 1.93. The minimum Gasteiger partial charge on any atom is -0.341 e. The van der Waals surface area contributed by atoms with E-state index < -0.39 is 12.1 Å². The van der Waals surface area contributed by atoms with E-state index in [1.54, 1.807) is 6.07 Å². The second-order valence-electron chi connectivity index (χ2n) is 7.61. The van der Waals surface area contributed by atoms with Crippen molar-refractivity contribution in [3.8, 4) is 0 Å². The van der Waals surface area contributed by atoms with Crippen molar-refractivity contribution < 1.29 is 9.59 Å². The van der Waals surface area contributed by atoms with Crippen LogP contribution in [0.5, 0.6) is 0 Å². The van der Waals surface area contributed by atoms with Crippen molar-refractivity contribution in [3.05, 3.63) is 95.8 Å². The quantitative estimate of drug-likeness (QED) is 0.436. The fraction of sp³-hybridized carbons (Fsp3) is 0.160. The molecule has 0 aliphatic rings. The number of carbonyl (C=O) groups is 2. The largest absolute Gasteiger partial charge is 0.341 e. The molecular weight excluding hydrogens is 402 g/mol. The van der Waals surface area contributed by atoms with Crippen LogP contribution in [-0.2, 0) is 11.8 Å².